The molecule has 8 heteroatoms. The highest BCUT2D eigenvalue weighted by Gasteiger charge is 2.18. The first-order chi connectivity index (χ1) is 13.2. The van der Waals surface area contributed by atoms with Gasteiger partial charge in [0.15, 0.2) is 20.8 Å². The molecule has 0 bridgehead atoms. The Hall–Kier alpha value is -2.84. The zero-order chi connectivity index (χ0) is 20.3. The first-order valence-electron chi connectivity index (χ1n) is 8.38. The van der Waals surface area contributed by atoms with Crippen LogP contribution in [0.2, 0.25) is 0 Å². The van der Waals surface area contributed by atoms with Gasteiger partial charge >= 0.3 is 0 Å². The maximum atomic E-state index is 12.5. The number of hydrogen-bond donors (Lipinski definition) is 1. The van der Waals surface area contributed by atoms with Crippen LogP contribution in [-0.4, -0.2) is 31.3 Å². The minimum absolute atomic E-state index is 0.0796. The number of rotatable bonds is 6. The Labute approximate surface area is 167 Å². The third-order valence-corrected chi connectivity index (χ3v) is 5.79. The van der Waals surface area contributed by atoms with Crippen LogP contribution in [0, 0.1) is 0 Å². The monoisotopic (exact) mass is 414 g/mol. The van der Waals surface area contributed by atoms with Crippen LogP contribution in [0.1, 0.15) is 32.5 Å². The molecule has 144 valence electrons. The number of ketones is 1. The van der Waals surface area contributed by atoms with E-state index in [1.807, 2.05) is 30.3 Å². The number of thiazole rings is 1. The van der Waals surface area contributed by atoms with Crippen LogP contribution in [0.5, 0.6) is 0 Å². The lowest BCUT2D eigenvalue weighted by molar-refractivity contribution is 0.101. The number of benzene rings is 2. The molecule has 28 heavy (non-hydrogen) atoms. The van der Waals surface area contributed by atoms with Crippen molar-refractivity contribution in [3.05, 3.63) is 70.6 Å². The lowest BCUT2D eigenvalue weighted by atomic mass is 10.1. The Bertz CT molecular complexity index is 1120. The highest BCUT2D eigenvalue weighted by molar-refractivity contribution is 7.89. The predicted octanol–water partition coefficient (Wildman–Crippen LogP) is 3.81. The van der Waals surface area contributed by atoms with E-state index in [2.05, 4.69) is 10.3 Å². The van der Waals surface area contributed by atoms with Crippen LogP contribution in [0.3, 0.4) is 0 Å². The molecule has 1 amide bonds. The Morgan fingerprint density at radius 3 is 2.25 bits per heavy atom. The van der Waals surface area contributed by atoms with E-state index in [9.17, 15) is 18.0 Å². The highest BCUT2D eigenvalue weighted by atomic mass is 32.2. The molecule has 1 aromatic heterocycles. The second kappa shape index (κ2) is 8.04. The molecule has 3 aromatic rings. The fraction of sp³-hybridized carbons (Fsp3) is 0.150. The first-order valence-corrected chi connectivity index (χ1v) is 11.3. The summed E-state index contributed by atoms with van der Waals surface area (Å²) in [6.07, 6.45) is 1.16. The van der Waals surface area contributed by atoms with Gasteiger partial charge in [-0.25, -0.2) is 13.4 Å². The van der Waals surface area contributed by atoms with E-state index >= 15 is 0 Å². The smallest absolute Gasteiger partial charge is 0.257 e. The average molecular weight is 415 g/mol. The number of nitrogens with one attached hydrogen (secondary N) is 1. The molecule has 1 N–H and O–H groups in total. The van der Waals surface area contributed by atoms with Gasteiger partial charge in [0.25, 0.3) is 5.91 Å². The highest BCUT2D eigenvalue weighted by Crippen LogP contribution is 2.31. The van der Waals surface area contributed by atoms with Crippen molar-refractivity contribution in [2.24, 2.45) is 0 Å². The second-order valence-electron chi connectivity index (χ2n) is 6.34. The van der Waals surface area contributed by atoms with Gasteiger partial charge < -0.3 is 0 Å². The van der Waals surface area contributed by atoms with E-state index < -0.39 is 9.84 Å². The number of sulfone groups is 1. The number of amides is 1. The number of carbonyl (C=O) groups excluding carboxylic acids is 2. The van der Waals surface area contributed by atoms with Crippen LogP contribution < -0.4 is 5.32 Å². The lowest BCUT2D eigenvalue weighted by Crippen LogP contribution is -2.11. The molecule has 0 saturated heterocycles. The first kappa shape index (κ1) is 19.9. The van der Waals surface area contributed by atoms with Gasteiger partial charge in [0.2, 0.25) is 0 Å². The Kier molecular flexibility index (Phi) is 5.71. The van der Waals surface area contributed by atoms with Gasteiger partial charge in [0.1, 0.15) is 0 Å². The third-order valence-electron chi connectivity index (χ3n) is 3.86. The van der Waals surface area contributed by atoms with Crippen molar-refractivity contribution in [2.45, 2.75) is 12.7 Å². The van der Waals surface area contributed by atoms with Gasteiger partial charge in [0, 0.05) is 24.3 Å². The molecular formula is C20H18N2O4S2. The quantitative estimate of drug-likeness (QED) is 0.619. The fourth-order valence-corrected chi connectivity index (χ4v) is 4.30. The summed E-state index contributed by atoms with van der Waals surface area (Å²) >= 11 is 1.12. The number of Topliss-reactive ketones (excluding diaryl/α,β-unsaturated/α-hetero) is 1. The fourth-order valence-electron chi connectivity index (χ4n) is 2.63. The molecule has 0 aliphatic rings. The van der Waals surface area contributed by atoms with Gasteiger partial charge in [-0.3, -0.25) is 14.9 Å². The van der Waals surface area contributed by atoms with Crippen LogP contribution in [0.25, 0.3) is 11.3 Å². The maximum Gasteiger partial charge on any atom is 0.257 e. The Morgan fingerprint density at radius 1 is 1.04 bits per heavy atom. The van der Waals surface area contributed by atoms with Crippen molar-refractivity contribution in [2.75, 3.05) is 11.6 Å². The zero-order valence-electron chi connectivity index (χ0n) is 15.3. The summed E-state index contributed by atoms with van der Waals surface area (Å²) in [7, 11) is -3.14. The second-order valence-corrected chi connectivity index (χ2v) is 9.48. The number of carbonyl (C=O) groups is 2. The van der Waals surface area contributed by atoms with Crippen LogP contribution in [-0.2, 0) is 15.6 Å². The van der Waals surface area contributed by atoms with Crippen LogP contribution in [0.15, 0.2) is 54.6 Å². The minimum atomic E-state index is -3.14. The van der Waals surface area contributed by atoms with Gasteiger partial charge in [-0.1, -0.05) is 53.8 Å². The molecule has 3 rings (SSSR count). The Morgan fingerprint density at radius 2 is 1.68 bits per heavy atom. The van der Waals surface area contributed by atoms with Crippen LogP contribution >= 0.6 is 11.3 Å². The summed E-state index contributed by atoms with van der Waals surface area (Å²) < 4.78 is 22.7. The van der Waals surface area contributed by atoms with Crippen molar-refractivity contribution in [1.29, 1.82) is 0 Å². The van der Waals surface area contributed by atoms with Crippen molar-refractivity contribution in [3.63, 3.8) is 0 Å². The summed E-state index contributed by atoms with van der Waals surface area (Å²) in [6.45, 7) is 1.46. The number of aromatic nitrogens is 1. The standard InChI is InChI=1S/C20H18N2O4S2/c1-13(23)18-17(15-6-4-3-5-7-15)21-20(27-18)22-19(24)16-10-8-14(9-11-16)12-28(2,25)26/h3-11H,12H2,1-2H3,(H,21,22,24). The normalized spacial score (nSPS) is 11.2. The van der Waals surface area contributed by atoms with E-state index in [4.69, 9.17) is 0 Å². The lowest BCUT2D eigenvalue weighted by Gasteiger charge is -2.04. The minimum Gasteiger partial charge on any atom is -0.298 e. The number of anilines is 1. The van der Waals surface area contributed by atoms with E-state index in [0.717, 1.165) is 23.2 Å². The van der Waals surface area contributed by atoms with Crippen molar-refractivity contribution < 1.29 is 18.0 Å². The molecular weight excluding hydrogens is 396 g/mol. The van der Waals surface area contributed by atoms with Crippen molar-refractivity contribution in [3.8, 4) is 11.3 Å². The summed E-state index contributed by atoms with van der Waals surface area (Å²) in [5.74, 6) is -0.583. The molecule has 0 fully saturated rings. The van der Waals surface area contributed by atoms with Crippen molar-refractivity contribution in [1.82, 2.24) is 4.98 Å². The summed E-state index contributed by atoms with van der Waals surface area (Å²) in [5.41, 5.74) is 2.32. The van der Waals surface area contributed by atoms with Gasteiger partial charge in [-0.05, 0) is 17.7 Å². The van der Waals surface area contributed by atoms with Gasteiger partial charge in [0.05, 0.1) is 16.3 Å². The molecule has 1 heterocycles. The summed E-state index contributed by atoms with van der Waals surface area (Å²) in [6, 6.07) is 15.6. The third kappa shape index (κ3) is 4.90. The van der Waals surface area contributed by atoms with E-state index in [-0.39, 0.29) is 17.4 Å². The molecule has 0 spiro atoms. The molecule has 6 nitrogen and oxygen atoms in total. The molecule has 0 aliphatic carbocycles. The Balaban J connectivity index is 1.82. The van der Waals surface area contributed by atoms with Gasteiger partial charge in [-0.15, -0.1) is 0 Å². The largest absolute Gasteiger partial charge is 0.298 e. The topological polar surface area (TPSA) is 93.2 Å². The number of nitrogens with zero attached hydrogens (tertiary/aromatic N) is 1. The van der Waals surface area contributed by atoms with Crippen LogP contribution in [0.4, 0.5) is 5.13 Å². The molecule has 0 saturated carbocycles. The molecule has 2 aromatic carbocycles. The molecule has 0 unspecified atom stereocenters. The van der Waals surface area contributed by atoms with Gasteiger partial charge in [-0.2, -0.15) is 0 Å². The predicted molar refractivity (Wildman–Crippen MR) is 110 cm³/mol. The number of hydrogen-bond acceptors (Lipinski definition) is 6. The maximum absolute atomic E-state index is 12.5. The molecule has 0 radical (unpaired) electrons. The van der Waals surface area contributed by atoms with E-state index in [0.29, 0.717) is 26.8 Å². The zero-order valence-corrected chi connectivity index (χ0v) is 16.9. The average Bonchev–Trinajstić information content (AvgIpc) is 3.06. The SMILES string of the molecule is CC(=O)c1sc(NC(=O)c2ccc(CS(C)(=O)=O)cc2)nc1-c1ccccc1. The van der Waals surface area contributed by atoms with E-state index in [1.165, 1.54) is 6.92 Å². The summed E-state index contributed by atoms with van der Waals surface area (Å²) in [5, 5.41) is 3.04. The van der Waals surface area contributed by atoms with E-state index in [1.54, 1.807) is 24.3 Å². The van der Waals surface area contributed by atoms with Crippen molar-refractivity contribution >= 4 is 38.0 Å². The molecule has 0 atom stereocenters. The summed E-state index contributed by atoms with van der Waals surface area (Å²) in [4.78, 5) is 29.4. The molecule has 0 aliphatic heterocycles.